The number of carbonyl (C=O) groups is 2. The number of rotatable bonds is 7. The van der Waals surface area contributed by atoms with Gasteiger partial charge in [-0.25, -0.2) is 0 Å². The molecule has 5 nitrogen and oxygen atoms in total. The van der Waals surface area contributed by atoms with E-state index in [-0.39, 0.29) is 30.9 Å². The Labute approximate surface area is 170 Å². The first-order valence-electron chi connectivity index (χ1n) is 9.55. The van der Waals surface area contributed by atoms with Crippen LogP contribution in [-0.4, -0.2) is 43.1 Å². The molecule has 0 saturated carbocycles. The van der Waals surface area contributed by atoms with Gasteiger partial charge in [-0.15, -0.1) is 11.8 Å². The fraction of sp³-hybridized carbons (Fsp3) is 0.364. The largest absolute Gasteiger partial charge is 0.348 e. The summed E-state index contributed by atoms with van der Waals surface area (Å²) in [5.41, 5.74) is 3.34. The molecule has 0 aliphatic heterocycles. The average Bonchev–Trinajstić information content (AvgIpc) is 2.68. The van der Waals surface area contributed by atoms with Crippen LogP contribution in [0.5, 0.6) is 0 Å². The Morgan fingerprint density at radius 2 is 1.79 bits per heavy atom. The highest BCUT2D eigenvalue weighted by atomic mass is 32.2. The second-order valence-corrected chi connectivity index (χ2v) is 7.98. The molecule has 6 heteroatoms. The van der Waals surface area contributed by atoms with Crippen molar-refractivity contribution in [1.82, 2.24) is 10.2 Å². The minimum absolute atomic E-state index is 0.0542. The molecule has 2 amide bonds. The number of anilines is 1. The van der Waals surface area contributed by atoms with Crippen LogP contribution >= 0.6 is 11.8 Å². The van der Waals surface area contributed by atoms with Gasteiger partial charge in [0.25, 0.3) is 0 Å². The van der Waals surface area contributed by atoms with Crippen LogP contribution in [0.25, 0.3) is 0 Å². The van der Waals surface area contributed by atoms with Crippen LogP contribution in [-0.2, 0) is 16.0 Å². The number of hydrogen-bond acceptors (Lipinski definition) is 4. The van der Waals surface area contributed by atoms with E-state index in [0.717, 1.165) is 29.8 Å². The Morgan fingerprint density at radius 1 is 1.07 bits per heavy atom. The number of nitrogens with one attached hydrogen (secondary N) is 2. The van der Waals surface area contributed by atoms with Crippen molar-refractivity contribution < 1.29 is 9.59 Å². The van der Waals surface area contributed by atoms with Crippen LogP contribution in [0.2, 0.25) is 0 Å². The van der Waals surface area contributed by atoms with E-state index in [9.17, 15) is 9.59 Å². The van der Waals surface area contributed by atoms with E-state index in [0.29, 0.717) is 0 Å². The lowest BCUT2D eigenvalue weighted by Gasteiger charge is -2.27. The van der Waals surface area contributed by atoms with Crippen molar-refractivity contribution in [3.8, 4) is 0 Å². The van der Waals surface area contributed by atoms with Crippen LogP contribution in [0.4, 0.5) is 5.69 Å². The van der Waals surface area contributed by atoms with E-state index < -0.39 is 0 Å². The van der Waals surface area contributed by atoms with Crippen LogP contribution in [0.3, 0.4) is 0 Å². The standard InChI is InChI=1S/C22H27N3O2S/c1-25(15-22(27)24-19-11-5-6-13-20(19)28-2)14-21(26)23-18-12-7-9-16-8-3-4-10-17(16)18/h3-6,8,10-11,13,18H,7,9,12,14-15H2,1-2H3,(H,23,26)(H,24,27)/t18-/m1/s1. The van der Waals surface area contributed by atoms with Crippen molar-refractivity contribution in [2.45, 2.75) is 30.2 Å². The lowest BCUT2D eigenvalue weighted by molar-refractivity contribution is -0.123. The Hall–Kier alpha value is -2.31. The summed E-state index contributed by atoms with van der Waals surface area (Å²) >= 11 is 1.59. The molecule has 0 aromatic heterocycles. The first-order chi connectivity index (χ1) is 13.6. The van der Waals surface area contributed by atoms with E-state index in [1.165, 1.54) is 11.1 Å². The van der Waals surface area contributed by atoms with Crippen molar-refractivity contribution >= 4 is 29.3 Å². The highest BCUT2D eigenvalue weighted by Crippen LogP contribution is 2.29. The number of benzene rings is 2. The molecule has 2 aromatic carbocycles. The molecule has 0 fully saturated rings. The molecule has 28 heavy (non-hydrogen) atoms. The Kier molecular flexibility index (Phi) is 7.12. The van der Waals surface area contributed by atoms with Crippen LogP contribution < -0.4 is 10.6 Å². The number of nitrogens with zero attached hydrogens (tertiary/aromatic N) is 1. The van der Waals surface area contributed by atoms with Gasteiger partial charge in [-0.1, -0.05) is 36.4 Å². The number of likely N-dealkylation sites (N-methyl/N-ethyl adjacent to an activating group) is 1. The molecule has 0 unspecified atom stereocenters. The van der Waals surface area contributed by atoms with Crippen molar-refractivity contribution in [3.05, 3.63) is 59.7 Å². The molecular formula is C22H27N3O2S. The molecule has 2 aromatic rings. The molecule has 1 aliphatic carbocycles. The first kappa shape index (κ1) is 20.4. The Morgan fingerprint density at radius 3 is 2.61 bits per heavy atom. The third-order valence-corrected chi connectivity index (χ3v) is 5.71. The van der Waals surface area contributed by atoms with Gasteiger partial charge in [-0.05, 0) is 55.8 Å². The molecular weight excluding hydrogens is 370 g/mol. The summed E-state index contributed by atoms with van der Waals surface area (Å²) in [6.07, 6.45) is 5.08. The zero-order valence-electron chi connectivity index (χ0n) is 16.4. The summed E-state index contributed by atoms with van der Waals surface area (Å²) in [5, 5.41) is 6.06. The molecule has 2 N–H and O–H groups in total. The zero-order valence-corrected chi connectivity index (χ0v) is 17.2. The minimum atomic E-state index is -0.125. The van der Waals surface area contributed by atoms with Crippen molar-refractivity contribution in [2.24, 2.45) is 0 Å². The normalized spacial score (nSPS) is 15.8. The van der Waals surface area contributed by atoms with Gasteiger partial charge in [-0.2, -0.15) is 0 Å². The summed E-state index contributed by atoms with van der Waals surface area (Å²) in [6, 6.07) is 16.1. The topological polar surface area (TPSA) is 61.4 Å². The smallest absolute Gasteiger partial charge is 0.238 e. The van der Waals surface area contributed by atoms with Gasteiger partial charge in [0.1, 0.15) is 0 Å². The van der Waals surface area contributed by atoms with Gasteiger partial charge >= 0.3 is 0 Å². The molecule has 3 rings (SSSR count). The molecule has 0 bridgehead atoms. The minimum Gasteiger partial charge on any atom is -0.348 e. The van der Waals surface area contributed by atoms with Gasteiger partial charge in [0.2, 0.25) is 11.8 Å². The third-order valence-electron chi connectivity index (χ3n) is 4.91. The average molecular weight is 398 g/mol. The van der Waals surface area contributed by atoms with Crippen LogP contribution in [0.15, 0.2) is 53.4 Å². The fourth-order valence-corrected chi connectivity index (χ4v) is 4.18. The molecule has 0 spiro atoms. The summed E-state index contributed by atoms with van der Waals surface area (Å²) in [6.45, 7) is 0.355. The van der Waals surface area contributed by atoms with E-state index in [1.54, 1.807) is 23.7 Å². The van der Waals surface area contributed by atoms with Crippen molar-refractivity contribution in [3.63, 3.8) is 0 Å². The molecule has 0 radical (unpaired) electrons. The van der Waals surface area contributed by atoms with E-state index >= 15 is 0 Å². The maximum atomic E-state index is 12.5. The molecule has 148 valence electrons. The quantitative estimate of drug-likeness (QED) is 0.703. The fourth-order valence-electron chi connectivity index (χ4n) is 3.63. The number of carbonyl (C=O) groups excluding carboxylic acids is 2. The number of hydrogen-bond donors (Lipinski definition) is 2. The summed E-state index contributed by atoms with van der Waals surface area (Å²) in [4.78, 5) is 27.6. The predicted octanol–water partition coefficient (Wildman–Crippen LogP) is 3.47. The highest BCUT2D eigenvalue weighted by molar-refractivity contribution is 7.98. The van der Waals surface area contributed by atoms with Gasteiger partial charge in [0, 0.05) is 4.90 Å². The predicted molar refractivity (Wildman–Crippen MR) is 115 cm³/mol. The van der Waals surface area contributed by atoms with E-state index in [2.05, 4.69) is 22.8 Å². The molecule has 1 aliphatic rings. The number of fused-ring (bicyclic) bond motifs is 1. The number of aryl methyl sites for hydroxylation is 1. The lowest BCUT2D eigenvalue weighted by atomic mass is 9.88. The first-order valence-corrected chi connectivity index (χ1v) is 10.8. The Balaban J connectivity index is 1.50. The van der Waals surface area contributed by atoms with Gasteiger partial charge in [0.15, 0.2) is 0 Å². The van der Waals surface area contributed by atoms with Gasteiger partial charge in [-0.3, -0.25) is 14.5 Å². The van der Waals surface area contributed by atoms with Crippen LogP contribution in [0, 0.1) is 0 Å². The van der Waals surface area contributed by atoms with Gasteiger partial charge < -0.3 is 10.6 Å². The molecule has 0 saturated heterocycles. The number of amides is 2. The third kappa shape index (κ3) is 5.36. The summed E-state index contributed by atoms with van der Waals surface area (Å²) < 4.78 is 0. The Bertz CT molecular complexity index is 840. The highest BCUT2D eigenvalue weighted by Gasteiger charge is 2.22. The van der Waals surface area contributed by atoms with E-state index in [4.69, 9.17) is 0 Å². The maximum absolute atomic E-state index is 12.5. The molecule has 0 heterocycles. The molecule has 1 atom stereocenters. The summed E-state index contributed by atoms with van der Waals surface area (Å²) in [5.74, 6) is -0.179. The SMILES string of the molecule is CSc1ccccc1NC(=O)CN(C)CC(=O)N[C@@H]1CCCc2ccccc21. The van der Waals surface area contributed by atoms with E-state index in [1.807, 2.05) is 42.7 Å². The number of thioether (sulfide) groups is 1. The monoisotopic (exact) mass is 397 g/mol. The zero-order chi connectivity index (χ0) is 19.9. The number of para-hydroxylation sites is 1. The summed E-state index contributed by atoms with van der Waals surface area (Å²) in [7, 11) is 1.79. The maximum Gasteiger partial charge on any atom is 0.238 e. The van der Waals surface area contributed by atoms with Crippen molar-refractivity contribution in [2.75, 3.05) is 31.7 Å². The lowest BCUT2D eigenvalue weighted by Crippen LogP contribution is -2.40. The second kappa shape index (κ2) is 9.75. The second-order valence-electron chi connectivity index (χ2n) is 7.13. The van der Waals surface area contributed by atoms with Crippen LogP contribution in [0.1, 0.15) is 30.0 Å². The van der Waals surface area contributed by atoms with Gasteiger partial charge in [0.05, 0.1) is 24.8 Å². The van der Waals surface area contributed by atoms with Crippen molar-refractivity contribution in [1.29, 1.82) is 0 Å².